The fourth-order valence-electron chi connectivity index (χ4n) is 2.24. The largest absolute Gasteiger partial charge is 0.493 e. The zero-order valence-electron chi connectivity index (χ0n) is 12.4. The summed E-state index contributed by atoms with van der Waals surface area (Å²) in [6.07, 6.45) is 3.52. The topological polar surface area (TPSA) is 38.5 Å². The highest BCUT2D eigenvalue weighted by Crippen LogP contribution is 2.31. The maximum atomic E-state index is 5.95. The molecule has 0 aromatic heterocycles. The van der Waals surface area contributed by atoms with Crippen LogP contribution in [0.2, 0.25) is 0 Å². The van der Waals surface area contributed by atoms with Crippen LogP contribution in [0, 0.1) is 5.92 Å². The number of hydrogen-bond donors (Lipinski definition) is 1. The molecule has 2 rings (SSSR count). The van der Waals surface area contributed by atoms with Gasteiger partial charge >= 0.3 is 0 Å². The molecule has 1 aromatic rings. The number of benzene rings is 1. The summed E-state index contributed by atoms with van der Waals surface area (Å²) in [7, 11) is 4.17. The molecule has 106 valence electrons. The highest BCUT2D eigenvalue weighted by Gasteiger charge is 2.22. The molecule has 0 heterocycles. The molecule has 1 fully saturated rings. The molecule has 2 N–H and O–H groups in total. The minimum absolute atomic E-state index is 0.165. The first-order valence-electron chi connectivity index (χ1n) is 7.19. The first-order chi connectivity index (χ1) is 9.04. The van der Waals surface area contributed by atoms with E-state index in [2.05, 4.69) is 37.2 Å². The monoisotopic (exact) mass is 262 g/mol. The van der Waals surface area contributed by atoms with E-state index in [4.69, 9.17) is 10.5 Å². The van der Waals surface area contributed by atoms with Crippen molar-refractivity contribution in [1.29, 1.82) is 0 Å². The van der Waals surface area contributed by atoms with Crippen molar-refractivity contribution in [1.82, 2.24) is 4.90 Å². The van der Waals surface area contributed by atoms with Crippen LogP contribution in [0.5, 0.6) is 5.75 Å². The molecule has 1 unspecified atom stereocenters. The maximum absolute atomic E-state index is 5.95. The van der Waals surface area contributed by atoms with Crippen molar-refractivity contribution in [3.63, 3.8) is 0 Å². The van der Waals surface area contributed by atoms with Crippen LogP contribution in [-0.2, 0) is 13.0 Å². The van der Waals surface area contributed by atoms with Gasteiger partial charge in [-0.25, -0.2) is 0 Å². The van der Waals surface area contributed by atoms with Crippen LogP contribution < -0.4 is 10.5 Å². The van der Waals surface area contributed by atoms with Gasteiger partial charge in [-0.15, -0.1) is 0 Å². The van der Waals surface area contributed by atoms with Crippen LogP contribution in [0.15, 0.2) is 18.2 Å². The summed E-state index contributed by atoms with van der Waals surface area (Å²) >= 11 is 0. The van der Waals surface area contributed by atoms with E-state index in [-0.39, 0.29) is 6.04 Å². The molecule has 3 nitrogen and oxygen atoms in total. The second-order valence-corrected chi connectivity index (χ2v) is 6.12. The van der Waals surface area contributed by atoms with Crippen LogP contribution in [0.1, 0.15) is 30.9 Å². The summed E-state index contributed by atoms with van der Waals surface area (Å²) in [4.78, 5) is 2.18. The average Bonchev–Trinajstić information content (AvgIpc) is 3.10. The summed E-state index contributed by atoms with van der Waals surface area (Å²) in [5, 5.41) is 0. The first-order valence-corrected chi connectivity index (χ1v) is 7.19. The van der Waals surface area contributed by atoms with E-state index in [1.807, 2.05) is 6.92 Å². The molecule has 1 aromatic carbocycles. The molecule has 19 heavy (non-hydrogen) atoms. The summed E-state index contributed by atoms with van der Waals surface area (Å²) < 4.78 is 5.95. The molecule has 0 aliphatic heterocycles. The van der Waals surface area contributed by atoms with Crippen molar-refractivity contribution in [3.8, 4) is 5.75 Å². The third kappa shape index (κ3) is 4.84. The predicted octanol–water partition coefficient (Wildman–Crippen LogP) is 2.43. The lowest BCUT2D eigenvalue weighted by Gasteiger charge is -2.16. The number of hydrogen-bond acceptors (Lipinski definition) is 3. The Morgan fingerprint density at radius 2 is 2.11 bits per heavy atom. The second kappa shape index (κ2) is 6.40. The van der Waals surface area contributed by atoms with E-state index in [9.17, 15) is 0 Å². The minimum Gasteiger partial charge on any atom is -0.493 e. The highest BCUT2D eigenvalue weighted by molar-refractivity contribution is 5.38. The van der Waals surface area contributed by atoms with E-state index in [1.165, 1.54) is 24.0 Å². The Morgan fingerprint density at radius 1 is 1.37 bits per heavy atom. The molecule has 0 saturated heterocycles. The van der Waals surface area contributed by atoms with Gasteiger partial charge < -0.3 is 15.4 Å². The van der Waals surface area contributed by atoms with Crippen LogP contribution in [0.4, 0.5) is 0 Å². The Hall–Kier alpha value is -1.06. The van der Waals surface area contributed by atoms with Gasteiger partial charge in [0, 0.05) is 12.6 Å². The van der Waals surface area contributed by atoms with Gasteiger partial charge in [-0.3, -0.25) is 0 Å². The summed E-state index contributed by atoms with van der Waals surface area (Å²) in [5.74, 6) is 1.80. The smallest absolute Gasteiger partial charge is 0.122 e. The van der Waals surface area contributed by atoms with Crippen LogP contribution in [-0.4, -0.2) is 31.6 Å². The van der Waals surface area contributed by atoms with Crippen molar-refractivity contribution in [3.05, 3.63) is 29.3 Å². The molecule has 1 saturated carbocycles. The zero-order chi connectivity index (χ0) is 13.8. The summed E-state index contributed by atoms with van der Waals surface area (Å²) in [6.45, 7) is 3.86. The quantitative estimate of drug-likeness (QED) is 0.820. The number of nitrogens with zero attached hydrogens (tertiary/aromatic N) is 1. The van der Waals surface area contributed by atoms with Crippen molar-refractivity contribution >= 4 is 0 Å². The maximum Gasteiger partial charge on any atom is 0.122 e. The molecule has 1 atom stereocenters. The second-order valence-electron chi connectivity index (χ2n) is 6.12. The fraction of sp³-hybridized carbons (Fsp3) is 0.625. The van der Waals surface area contributed by atoms with Gasteiger partial charge in [0.1, 0.15) is 5.75 Å². The lowest BCUT2D eigenvalue weighted by atomic mass is 10.0. The summed E-state index contributed by atoms with van der Waals surface area (Å²) in [6, 6.07) is 6.68. The third-order valence-corrected chi connectivity index (χ3v) is 3.34. The minimum atomic E-state index is 0.165. The number of rotatable bonds is 7. The van der Waals surface area contributed by atoms with Crippen LogP contribution in [0.3, 0.4) is 0 Å². The van der Waals surface area contributed by atoms with Crippen molar-refractivity contribution in [2.75, 3.05) is 20.7 Å². The van der Waals surface area contributed by atoms with E-state index in [0.29, 0.717) is 0 Å². The van der Waals surface area contributed by atoms with E-state index >= 15 is 0 Å². The van der Waals surface area contributed by atoms with Crippen LogP contribution in [0.25, 0.3) is 0 Å². The predicted molar refractivity (Wildman–Crippen MR) is 79.4 cm³/mol. The number of ether oxygens (including phenoxy) is 1. The van der Waals surface area contributed by atoms with Crippen molar-refractivity contribution in [2.45, 2.75) is 38.8 Å². The van der Waals surface area contributed by atoms with Gasteiger partial charge in [0.05, 0.1) is 6.61 Å². The Bertz CT molecular complexity index is 411. The molecule has 3 heteroatoms. The van der Waals surface area contributed by atoms with Crippen molar-refractivity contribution in [2.24, 2.45) is 11.7 Å². The fourth-order valence-corrected chi connectivity index (χ4v) is 2.24. The lowest BCUT2D eigenvalue weighted by molar-refractivity contribution is 0.296. The molecule has 0 amide bonds. The Balaban J connectivity index is 2.09. The van der Waals surface area contributed by atoms with Gasteiger partial charge in [0.25, 0.3) is 0 Å². The molecular weight excluding hydrogens is 236 g/mol. The van der Waals surface area contributed by atoms with Crippen molar-refractivity contribution < 1.29 is 4.74 Å². The lowest BCUT2D eigenvalue weighted by Crippen LogP contribution is -2.19. The average molecular weight is 262 g/mol. The molecular formula is C16H26N2O. The van der Waals surface area contributed by atoms with Gasteiger partial charge in [-0.05, 0) is 63.4 Å². The molecule has 1 aliphatic rings. The molecule has 1 aliphatic carbocycles. The molecule has 0 bridgehead atoms. The molecule has 0 radical (unpaired) electrons. The van der Waals surface area contributed by atoms with Gasteiger partial charge in [0.2, 0.25) is 0 Å². The Kier molecular flexibility index (Phi) is 4.83. The van der Waals surface area contributed by atoms with Gasteiger partial charge in [0.15, 0.2) is 0 Å². The van der Waals surface area contributed by atoms with E-state index in [0.717, 1.165) is 31.2 Å². The van der Waals surface area contributed by atoms with E-state index in [1.54, 1.807) is 0 Å². The zero-order valence-corrected chi connectivity index (χ0v) is 12.4. The standard InChI is InChI=1S/C16H26N2O/c1-12(17)8-15-9-14(10-18(2)3)6-7-16(15)19-11-13-4-5-13/h6-7,9,12-13H,4-5,8,10-11,17H2,1-3H3. The third-order valence-electron chi connectivity index (χ3n) is 3.34. The first kappa shape index (κ1) is 14.4. The van der Waals surface area contributed by atoms with Crippen LogP contribution >= 0.6 is 0 Å². The molecule has 0 spiro atoms. The van der Waals surface area contributed by atoms with Gasteiger partial charge in [-0.2, -0.15) is 0 Å². The SMILES string of the molecule is CC(N)Cc1cc(CN(C)C)ccc1OCC1CC1. The van der Waals surface area contributed by atoms with E-state index < -0.39 is 0 Å². The highest BCUT2D eigenvalue weighted by atomic mass is 16.5. The van der Waals surface area contributed by atoms with Gasteiger partial charge in [-0.1, -0.05) is 12.1 Å². The Labute approximate surface area is 116 Å². The number of nitrogens with two attached hydrogens (primary N) is 1. The normalized spacial score (nSPS) is 16.7. The summed E-state index contributed by atoms with van der Waals surface area (Å²) in [5.41, 5.74) is 8.51. The Morgan fingerprint density at radius 3 is 2.68 bits per heavy atom.